The molecule has 248 valence electrons. The monoisotopic (exact) mass is 673 g/mol. The summed E-state index contributed by atoms with van der Waals surface area (Å²) in [5.74, 6) is -6.17. The number of aromatic nitrogens is 1. The molecule has 8 nitrogen and oxygen atoms in total. The number of pyridine rings is 1. The minimum atomic E-state index is -10.2. The summed E-state index contributed by atoms with van der Waals surface area (Å²) < 4.78 is 128. The van der Waals surface area contributed by atoms with Crippen molar-refractivity contribution in [3.8, 4) is 6.19 Å². The Morgan fingerprint density at radius 3 is 2.29 bits per heavy atom. The van der Waals surface area contributed by atoms with Crippen molar-refractivity contribution in [3.63, 3.8) is 0 Å². The van der Waals surface area contributed by atoms with Gasteiger partial charge in [0.15, 0.2) is 12.6 Å². The van der Waals surface area contributed by atoms with Gasteiger partial charge in [0.1, 0.15) is 22.8 Å². The number of hydrogen-bond acceptors (Lipinski definition) is 6. The van der Waals surface area contributed by atoms with E-state index in [1.54, 1.807) is 6.19 Å². The van der Waals surface area contributed by atoms with Gasteiger partial charge in [0.2, 0.25) is 11.8 Å². The van der Waals surface area contributed by atoms with E-state index < -0.39 is 87.8 Å². The highest BCUT2D eigenvalue weighted by Crippen LogP contribution is 3.02. The van der Waals surface area contributed by atoms with Gasteiger partial charge in [0.05, 0.1) is 18.8 Å². The number of alkyl halides is 3. The van der Waals surface area contributed by atoms with E-state index in [0.29, 0.717) is 17.0 Å². The fourth-order valence-electron chi connectivity index (χ4n) is 5.39. The third kappa shape index (κ3) is 8.31. The van der Waals surface area contributed by atoms with E-state index >= 15 is 0 Å². The van der Waals surface area contributed by atoms with E-state index in [-0.39, 0.29) is 43.5 Å². The second-order valence-corrected chi connectivity index (χ2v) is 13.4. The average molecular weight is 674 g/mol. The molecule has 1 saturated heterocycles. The minimum Gasteiger partial charge on any atom is -0.351 e. The molecule has 1 aromatic heterocycles. The van der Waals surface area contributed by atoms with Crippen molar-refractivity contribution in [2.75, 3.05) is 11.4 Å². The summed E-state index contributed by atoms with van der Waals surface area (Å²) in [6, 6.07) is -2.44. The minimum absolute atomic E-state index is 0.00653. The van der Waals surface area contributed by atoms with Gasteiger partial charge in [-0.15, -0.1) is 0 Å². The Kier molecular flexibility index (Phi) is 8.79. The second-order valence-electron chi connectivity index (χ2n) is 11.0. The number of anilines is 1. The molecule has 2 amide bonds. The molecule has 2 heterocycles. The number of halogens is 9. The van der Waals surface area contributed by atoms with E-state index in [1.165, 1.54) is 0 Å². The number of likely N-dealkylation sites (tertiary alicyclic amines) is 1. The third-order valence-corrected chi connectivity index (χ3v) is 8.63. The normalized spacial score (nSPS) is 23.3. The Labute approximate surface area is 251 Å². The number of nitrogens with one attached hydrogen (secondary N) is 1. The average Bonchev–Trinajstić information content (AvgIpc) is 3.33. The lowest BCUT2D eigenvalue weighted by atomic mass is 9.91. The number of carbonyl (C=O) groups excluding carboxylic acids is 2. The van der Waals surface area contributed by atoms with E-state index in [1.807, 2.05) is 0 Å². The number of nitrogens with zero attached hydrogens (tertiary/aromatic N) is 4. The van der Waals surface area contributed by atoms with Crippen LogP contribution in [0.2, 0.25) is 0 Å². The van der Waals surface area contributed by atoms with E-state index in [2.05, 4.69) is 10.3 Å². The maximum Gasteiger partial charge on any atom is 0.310 e. The molecule has 0 bridgehead atoms. The third-order valence-electron chi connectivity index (χ3n) is 7.47. The van der Waals surface area contributed by atoms with E-state index in [0.717, 1.165) is 30.3 Å². The zero-order chi connectivity index (χ0) is 33.4. The molecule has 18 heteroatoms. The van der Waals surface area contributed by atoms with Crippen molar-refractivity contribution in [1.82, 2.24) is 15.2 Å². The first kappa shape index (κ1) is 34.2. The summed E-state index contributed by atoms with van der Waals surface area (Å²) in [6.45, 7) is 0.768. The van der Waals surface area contributed by atoms with Gasteiger partial charge in [0, 0.05) is 42.8 Å². The van der Waals surface area contributed by atoms with Crippen LogP contribution in [0.25, 0.3) is 0 Å². The maximum atomic E-state index is 14.4. The predicted octanol–water partition coefficient (Wildman–Crippen LogP) is 6.90. The molecule has 1 aliphatic heterocycles. The number of hydrogen-bond donors (Lipinski definition) is 1. The van der Waals surface area contributed by atoms with Crippen LogP contribution in [0, 0.1) is 17.3 Å². The Balaban J connectivity index is 1.82. The molecular weight excluding hydrogens is 645 g/mol. The standard InChI is InChI=1S/C27H28F9N5O3S/c1-16(28)44-21-11-23(40(14-21)15-37)26(43)41(20-2-4-22(5-3-20)45(32,33,34,35)36)24(17-10-18(29)13-38-12-17)25(42)39-19-6-8-27(30,31)9-7-19/h2-5,10,12-13,16,19,21,23-24H,6-9,11,14H2,1H3,(H,39,42)/t16?,21-,23+,24+/m0/s1. The number of ether oxygens (including phenoxy) is 1. The van der Waals surface area contributed by atoms with Crippen LogP contribution in [0.5, 0.6) is 0 Å². The largest absolute Gasteiger partial charge is 0.351 e. The number of benzene rings is 1. The molecule has 1 saturated carbocycles. The Morgan fingerprint density at radius 1 is 1.13 bits per heavy atom. The van der Waals surface area contributed by atoms with Crippen molar-refractivity contribution in [2.24, 2.45) is 0 Å². The lowest BCUT2D eigenvalue weighted by molar-refractivity contribution is -0.129. The van der Waals surface area contributed by atoms with Gasteiger partial charge in [-0.1, -0.05) is 19.4 Å². The molecule has 2 fully saturated rings. The first-order valence-corrected chi connectivity index (χ1v) is 15.5. The van der Waals surface area contributed by atoms with Crippen LogP contribution in [0.1, 0.15) is 50.6 Å². The van der Waals surface area contributed by atoms with Crippen LogP contribution in [0.3, 0.4) is 0 Å². The highest BCUT2D eigenvalue weighted by atomic mass is 32.5. The van der Waals surface area contributed by atoms with Crippen LogP contribution in [-0.2, 0) is 14.3 Å². The predicted molar refractivity (Wildman–Crippen MR) is 144 cm³/mol. The summed E-state index contributed by atoms with van der Waals surface area (Å²) >= 11 is 0. The molecule has 4 atom stereocenters. The fraction of sp³-hybridized carbons (Fsp3) is 0.481. The number of amides is 2. The molecule has 2 aromatic rings. The molecule has 4 rings (SSSR count). The van der Waals surface area contributed by atoms with Crippen LogP contribution >= 0.6 is 10.2 Å². The Hall–Kier alpha value is -3.72. The number of nitriles is 1. The Bertz CT molecular complexity index is 1460. The molecule has 0 radical (unpaired) electrons. The van der Waals surface area contributed by atoms with E-state index in [4.69, 9.17) is 4.74 Å². The summed E-state index contributed by atoms with van der Waals surface area (Å²) in [5, 5.41) is 12.2. The number of carbonyl (C=O) groups is 2. The highest BCUT2D eigenvalue weighted by molar-refractivity contribution is 8.45. The van der Waals surface area contributed by atoms with Crippen molar-refractivity contribution in [1.29, 1.82) is 5.26 Å². The van der Waals surface area contributed by atoms with Crippen molar-refractivity contribution >= 4 is 27.7 Å². The van der Waals surface area contributed by atoms with E-state index in [9.17, 15) is 51.8 Å². The lowest BCUT2D eigenvalue weighted by Crippen LogP contribution is -2.52. The van der Waals surface area contributed by atoms with Crippen LogP contribution in [-0.4, -0.2) is 58.7 Å². The first-order valence-electron chi connectivity index (χ1n) is 13.6. The molecule has 1 unspecified atom stereocenters. The molecule has 2 aliphatic rings. The van der Waals surface area contributed by atoms with Crippen molar-refractivity contribution in [2.45, 2.75) is 80.4 Å². The summed E-state index contributed by atoms with van der Waals surface area (Å²) in [4.78, 5) is 30.8. The number of rotatable bonds is 9. The van der Waals surface area contributed by atoms with Gasteiger partial charge in [-0.3, -0.25) is 24.4 Å². The van der Waals surface area contributed by atoms with Gasteiger partial charge in [-0.05, 0) is 50.1 Å². The fourth-order valence-corrected chi connectivity index (χ4v) is 6.04. The van der Waals surface area contributed by atoms with Crippen molar-refractivity contribution in [3.05, 3.63) is 54.1 Å². The zero-order valence-corrected chi connectivity index (χ0v) is 24.3. The molecular formula is C27H28F9N5O3S. The van der Waals surface area contributed by atoms with Gasteiger partial charge in [-0.25, -0.2) is 17.6 Å². The highest BCUT2D eigenvalue weighted by Gasteiger charge is 2.65. The van der Waals surface area contributed by atoms with Gasteiger partial charge in [-0.2, -0.15) is 5.26 Å². The molecule has 1 N–H and O–H groups in total. The topological polar surface area (TPSA) is 98.6 Å². The van der Waals surface area contributed by atoms with Gasteiger partial charge < -0.3 is 10.1 Å². The van der Waals surface area contributed by atoms with Gasteiger partial charge in [0.25, 0.3) is 5.91 Å². The smallest absolute Gasteiger partial charge is 0.310 e. The maximum absolute atomic E-state index is 14.4. The van der Waals surface area contributed by atoms with Crippen LogP contribution in [0.15, 0.2) is 47.6 Å². The lowest BCUT2D eigenvalue weighted by Gasteiger charge is -2.41. The Morgan fingerprint density at radius 2 is 1.76 bits per heavy atom. The molecule has 0 spiro atoms. The summed E-state index contributed by atoms with van der Waals surface area (Å²) in [5.41, 5.74) is -0.850. The molecule has 1 aliphatic carbocycles. The van der Waals surface area contributed by atoms with Crippen molar-refractivity contribution < 1.29 is 51.3 Å². The summed E-state index contributed by atoms with van der Waals surface area (Å²) in [7, 11) is -10.2. The molecule has 1 aromatic carbocycles. The molecule has 45 heavy (non-hydrogen) atoms. The quantitative estimate of drug-likeness (QED) is 0.230. The van der Waals surface area contributed by atoms with Gasteiger partial charge >= 0.3 is 10.2 Å². The SMILES string of the molecule is CC(F)O[C@H]1C[C@H](C(=O)N(c2ccc(S(F)(F)(F)(F)F)cc2)[C@@H](C(=O)NC2CCC(F)(F)CC2)c2cncc(F)c2)N(C#N)C1. The summed E-state index contributed by atoms with van der Waals surface area (Å²) in [6.07, 6.45) is -1.18. The second kappa shape index (κ2) is 11.6. The first-order chi connectivity index (χ1) is 20.7. The van der Waals surface area contributed by atoms with Crippen LogP contribution < -0.4 is 10.2 Å². The zero-order valence-electron chi connectivity index (χ0n) is 23.5. The van der Waals surface area contributed by atoms with Crippen LogP contribution in [0.4, 0.5) is 42.7 Å².